The van der Waals surface area contributed by atoms with Crippen molar-refractivity contribution in [2.45, 2.75) is 51.0 Å². The molecule has 2 aliphatic carbocycles. The lowest BCUT2D eigenvalue weighted by Gasteiger charge is -2.15. The summed E-state index contributed by atoms with van der Waals surface area (Å²) < 4.78 is 11.2. The molecule has 2 aromatic rings. The Labute approximate surface area is 225 Å². The summed E-state index contributed by atoms with van der Waals surface area (Å²) in [5.74, 6) is 3.38. The number of carbonyl (C=O) groups is 2. The third kappa shape index (κ3) is 9.13. The van der Waals surface area contributed by atoms with Crippen molar-refractivity contribution in [3.63, 3.8) is 0 Å². The van der Waals surface area contributed by atoms with Gasteiger partial charge in [0.05, 0.1) is 13.2 Å². The molecule has 0 bridgehead atoms. The summed E-state index contributed by atoms with van der Waals surface area (Å²) in [5, 5.41) is 0. The lowest BCUT2D eigenvalue weighted by molar-refractivity contribution is 0.0960. The van der Waals surface area contributed by atoms with Crippen LogP contribution in [0.5, 0.6) is 11.5 Å². The van der Waals surface area contributed by atoms with Crippen molar-refractivity contribution in [1.82, 2.24) is 4.90 Å². The van der Waals surface area contributed by atoms with Gasteiger partial charge >= 0.3 is 0 Å². The van der Waals surface area contributed by atoms with Crippen molar-refractivity contribution >= 4 is 23.2 Å². The standard InChI is InChI=1S/C17H24N2O2.C13H15ClO2/c18-15-8-10-19(12-15)9-1-11-21-16-6-4-14(5-7-16)17(20)13-2-3-13;14-8-1-9-16-12-6-4-11(5-7-12)13(15)10-2-3-10/h4-7,13,15H,1-3,8-12,18H2;4-7,10H,1-3,8-9H2/t15-;/m1./s1. The van der Waals surface area contributed by atoms with Gasteiger partial charge in [0, 0.05) is 48.0 Å². The Kier molecular flexibility index (Phi) is 10.4. The molecule has 6 nitrogen and oxygen atoms in total. The molecule has 2 N–H and O–H groups in total. The Morgan fingerprint density at radius 2 is 1.27 bits per heavy atom. The SMILES string of the molecule is N[C@@H]1CCN(CCCOc2ccc(C(=O)C3CC3)cc2)C1.O=C(c1ccc(OCCCCl)cc1)C1CC1. The van der Waals surface area contributed by atoms with Gasteiger partial charge in [0.15, 0.2) is 11.6 Å². The van der Waals surface area contributed by atoms with E-state index in [0.29, 0.717) is 25.1 Å². The molecule has 2 aromatic carbocycles. The monoisotopic (exact) mass is 526 g/mol. The van der Waals surface area contributed by atoms with E-state index < -0.39 is 0 Å². The fourth-order valence-corrected chi connectivity index (χ4v) is 4.49. The molecular weight excluding hydrogens is 488 g/mol. The molecular formula is C30H39ClN2O4. The Morgan fingerprint density at radius 3 is 1.68 bits per heavy atom. The van der Waals surface area contributed by atoms with Crippen LogP contribution in [0.2, 0.25) is 0 Å². The van der Waals surface area contributed by atoms with Crippen molar-refractivity contribution in [2.75, 3.05) is 38.7 Å². The molecule has 200 valence electrons. The van der Waals surface area contributed by atoms with Crippen molar-refractivity contribution in [2.24, 2.45) is 17.6 Å². The number of rotatable bonds is 13. The summed E-state index contributed by atoms with van der Waals surface area (Å²) in [4.78, 5) is 26.0. The Morgan fingerprint density at radius 1 is 0.784 bits per heavy atom. The van der Waals surface area contributed by atoms with E-state index in [2.05, 4.69) is 4.90 Å². The zero-order chi connectivity index (χ0) is 26.0. The number of Topliss-reactive ketones (excluding diaryl/α,β-unsaturated/α-hetero) is 2. The molecule has 0 amide bonds. The van der Waals surface area contributed by atoms with Crippen LogP contribution in [0, 0.1) is 11.8 Å². The average molecular weight is 527 g/mol. The van der Waals surface area contributed by atoms with E-state index in [0.717, 1.165) is 87.2 Å². The summed E-state index contributed by atoms with van der Waals surface area (Å²) in [5.41, 5.74) is 7.50. The first kappa shape index (κ1) is 27.6. The smallest absolute Gasteiger partial charge is 0.165 e. The van der Waals surface area contributed by atoms with E-state index in [9.17, 15) is 9.59 Å². The van der Waals surface area contributed by atoms with E-state index in [1.165, 1.54) is 0 Å². The van der Waals surface area contributed by atoms with Crippen LogP contribution in [0.4, 0.5) is 0 Å². The number of alkyl halides is 1. The normalized spacial score (nSPS) is 19.1. The molecule has 1 atom stereocenters. The first-order valence-corrected chi connectivity index (χ1v) is 14.1. The topological polar surface area (TPSA) is 81.9 Å². The molecule has 1 aliphatic heterocycles. The zero-order valence-electron chi connectivity index (χ0n) is 21.6. The molecule has 37 heavy (non-hydrogen) atoms. The third-order valence-corrected chi connectivity index (χ3v) is 7.18. The van der Waals surface area contributed by atoms with Crippen LogP contribution in [0.15, 0.2) is 48.5 Å². The molecule has 0 radical (unpaired) electrons. The van der Waals surface area contributed by atoms with Crippen LogP contribution >= 0.6 is 11.6 Å². The summed E-state index contributed by atoms with van der Waals surface area (Å²) in [6, 6.07) is 15.3. The second-order valence-electron chi connectivity index (χ2n) is 10.3. The molecule has 2 saturated carbocycles. The predicted octanol–water partition coefficient (Wildman–Crippen LogP) is 5.37. The van der Waals surface area contributed by atoms with Gasteiger partial charge in [0.2, 0.25) is 0 Å². The van der Waals surface area contributed by atoms with Gasteiger partial charge in [0.25, 0.3) is 0 Å². The minimum Gasteiger partial charge on any atom is -0.494 e. The predicted molar refractivity (Wildman–Crippen MR) is 147 cm³/mol. The fourth-order valence-electron chi connectivity index (χ4n) is 4.38. The van der Waals surface area contributed by atoms with E-state index in [1.54, 1.807) is 0 Å². The van der Waals surface area contributed by atoms with Gasteiger partial charge < -0.3 is 20.1 Å². The highest BCUT2D eigenvalue weighted by Gasteiger charge is 2.31. The number of likely N-dealkylation sites (tertiary alicyclic amines) is 1. The molecule has 1 saturated heterocycles. The second kappa shape index (κ2) is 13.9. The van der Waals surface area contributed by atoms with Crippen LogP contribution in [-0.2, 0) is 0 Å². The average Bonchev–Trinajstić information content (AvgIpc) is 3.85. The van der Waals surface area contributed by atoms with Gasteiger partial charge in [-0.2, -0.15) is 0 Å². The number of hydrogen-bond donors (Lipinski definition) is 1. The molecule has 3 aliphatic rings. The van der Waals surface area contributed by atoms with Crippen molar-refractivity contribution in [3.05, 3.63) is 59.7 Å². The number of nitrogens with two attached hydrogens (primary N) is 1. The number of halogens is 1. The Balaban J connectivity index is 0.000000180. The number of hydrogen-bond acceptors (Lipinski definition) is 6. The highest BCUT2D eigenvalue weighted by atomic mass is 35.5. The number of ketones is 2. The largest absolute Gasteiger partial charge is 0.494 e. The first-order valence-electron chi connectivity index (χ1n) is 13.6. The molecule has 7 heteroatoms. The van der Waals surface area contributed by atoms with Gasteiger partial charge in [-0.25, -0.2) is 0 Å². The van der Waals surface area contributed by atoms with Crippen molar-refractivity contribution < 1.29 is 19.1 Å². The maximum atomic E-state index is 11.9. The van der Waals surface area contributed by atoms with Crippen LogP contribution in [0.25, 0.3) is 0 Å². The third-order valence-electron chi connectivity index (χ3n) is 6.92. The maximum Gasteiger partial charge on any atom is 0.165 e. The van der Waals surface area contributed by atoms with Crippen LogP contribution in [0.3, 0.4) is 0 Å². The van der Waals surface area contributed by atoms with Gasteiger partial charge in [-0.05, 0) is 100 Å². The van der Waals surface area contributed by atoms with Crippen molar-refractivity contribution in [3.8, 4) is 11.5 Å². The van der Waals surface area contributed by atoms with Crippen LogP contribution in [-0.4, -0.2) is 61.2 Å². The molecule has 0 spiro atoms. The highest BCUT2D eigenvalue weighted by molar-refractivity contribution is 6.17. The van der Waals surface area contributed by atoms with Gasteiger partial charge in [-0.15, -0.1) is 11.6 Å². The summed E-state index contributed by atoms with van der Waals surface area (Å²) in [7, 11) is 0. The maximum absolute atomic E-state index is 11.9. The number of nitrogens with zero attached hydrogens (tertiary/aromatic N) is 1. The number of ether oxygens (including phenoxy) is 2. The highest BCUT2D eigenvalue weighted by Crippen LogP contribution is 2.33. The van der Waals surface area contributed by atoms with Crippen molar-refractivity contribution in [1.29, 1.82) is 0 Å². The lowest BCUT2D eigenvalue weighted by atomic mass is 10.1. The molecule has 1 heterocycles. The summed E-state index contributed by atoms with van der Waals surface area (Å²) >= 11 is 5.55. The second-order valence-corrected chi connectivity index (χ2v) is 10.6. The minimum atomic E-state index is 0.271. The summed E-state index contributed by atoms with van der Waals surface area (Å²) in [6.07, 6.45) is 7.16. The Bertz CT molecular complexity index is 1000. The van der Waals surface area contributed by atoms with E-state index >= 15 is 0 Å². The number of benzene rings is 2. The van der Waals surface area contributed by atoms with Gasteiger partial charge in [0.1, 0.15) is 11.5 Å². The molecule has 0 aromatic heterocycles. The van der Waals surface area contributed by atoms with Crippen LogP contribution in [0.1, 0.15) is 65.7 Å². The molecule has 5 rings (SSSR count). The molecule has 3 fully saturated rings. The zero-order valence-corrected chi connectivity index (χ0v) is 22.3. The fraction of sp³-hybridized carbons (Fsp3) is 0.533. The van der Waals surface area contributed by atoms with Gasteiger partial charge in [-0.3, -0.25) is 9.59 Å². The summed E-state index contributed by atoms with van der Waals surface area (Å²) in [6.45, 7) is 4.50. The number of carbonyl (C=O) groups excluding carboxylic acids is 2. The van der Waals surface area contributed by atoms with E-state index in [4.69, 9.17) is 26.8 Å². The quantitative estimate of drug-likeness (QED) is 0.215. The van der Waals surface area contributed by atoms with Gasteiger partial charge in [-0.1, -0.05) is 0 Å². The van der Waals surface area contributed by atoms with E-state index in [-0.39, 0.29) is 23.4 Å². The first-order chi connectivity index (χ1) is 18.0. The molecule has 0 unspecified atom stereocenters. The van der Waals surface area contributed by atoms with E-state index in [1.807, 2.05) is 48.5 Å². The van der Waals surface area contributed by atoms with Crippen LogP contribution < -0.4 is 15.2 Å². The Hall–Kier alpha value is -2.41. The lowest BCUT2D eigenvalue weighted by Crippen LogP contribution is -2.28. The minimum absolute atomic E-state index is 0.271.